The Balaban J connectivity index is 2.60. The van der Waals surface area contributed by atoms with Crippen molar-refractivity contribution in [1.29, 1.82) is 0 Å². The Morgan fingerprint density at radius 1 is 1.39 bits per heavy atom. The number of likely N-dealkylation sites (tertiary alicyclic amines) is 1. The molecule has 0 aromatic heterocycles. The average molecular weight is 254 g/mol. The van der Waals surface area contributed by atoms with E-state index < -0.39 is 0 Å². The van der Waals surface area contributed by atoms with Crippen molar-refractivity contribution >= 4 is 11.8 Å². The first-order chi connectivity index (χ1) is 8.29. The molecule has 0 bridgehead atoms. The van der Waals surface area contributed by atoms with Gasteiger partial charge in [0.25, 0.3) is 0 Å². The number of nitrogens with one attached hydrogen (secondary N) is 1. The number of rotatable bonds is 4. The van der Waals surface area contributed by atoms with E-state index in [4.69, 9.17) is 0 Å². The van der Waals surface area contributed by atoms with Gasteiger partial charge >= 0.3 is 0 Å². The summed E-state index contributed by atoms with van der Waals surface area (Å²) in [5.41, 5.74) is -0.193. The van der Waals surface area contributed by atoms with Gasteiger partial charge < -0.3 is 10.2 Å². The molecule has 1 aliphatic heterocycles. The van der Waals surface area contributed by atoms with Crippen LogP contribution >= 0.6 is 0 Å². The van der Waals surface area contributed by atoms with Crippen LogP contribution in [-0.4, -0.2) is 34.8 Å². The van der Waals surface area contributed by atoms with E-state index in [1.54, 1.807) is 0 Å². The number of hydrogen-bond acceptors (Lipinski definition) is 2. The van der Waals surface area contributed by atoms with Gasteiger partial charge in [-0.25, -0.2) is 0 Å². The highest BCUT2D eigenvalue weighted by molar-refractivity contribution is 5.89. The van der Waals surface area contributed by atoms with Crippen LogP contribution in [0.5, 0.6) is 0 Å². The third-order valence-electron chi connectivity index (χ3n) is 3.64. The number of nitrogens with zero attached hydrogens (tertiary/aromatic N) is 1. The van der Waals surface area contributed by atoms with Gasteiger partial charge in [-0.3, -0.25) is 9.59 Å². The van der Waals surface area contributed by atoms with Crippen LogP contribution in [0, 0.1) is 5.92 Å². The first-order valence-corrected chi connectivity index (χ1v) is 6.90. The van der Waals surface area contributed by atoms with E-state index in [2.05, 4.69) is 19.2 Å². The lowest BCUT2D eigenvalue weighted by molar-refractivity contribution is -0.132. The number of carbonyl (C=O) groups is 2. The van der Waals surface area contributed by atoms with Crippen LogP contribution in [0.1, 0.15) is 53.9 Å². The van der Waals surface area contributed by atoms with Crippen molar-refractivity contribution < 1.29 is 9.59 Å². The minimum absolute atomic E-state index is 0.0313. The number of carbonyl (C=O) groups excluding carboxylic acids is 2. The monoisotopic (exact) mass is 254 g/mol. The lowest BCUT2D eigenvalue weighted by atomic mass is 10.1. The van der Waals surface area contributed by atoms with Gasteiger partial charge in [0.05, 0.1) is 5.92 Å². The smallest absolute Gasteiger partial charge is 0.225 e. The predicted molar refractivity (Wildman–Crippen MR) is 72.1 cm³/mol. The van der Waals surface area contributed by atoms with Gasteiger partial charge in [-0.05, 0) is 33.6 Å². The Labute approximate surface area is 110 Å². The van der Waals surface area contributed by atoms with E-state index in [9.17, 15) is 9.59 Å². The zero-order chi connectivity index (χ0) is 13.9. The SMILES string of the molecule is CCC(CC)NC(=O)[C@H]1CC(=O)N(C(C)(C)C)C1. The largest absolute Gasteiger partial charge is 0.353 e. The second-order valence-electron chi connectivity index (χ2n) is 6.10. The fourth-order valence-corrected chi connectivity index (χ4v) is 2.34. The van der Waals surface area contributed by atoms with Crippen molar-refractivity contribution in [1.82, 2.24) is 10.2 Å². The molecule has 0 saturated carbocycles. The molecular weight excluding hydrogens is 228 g/mol. The Kier molecular flexibility index (Phi) is 4.77. The zero-order valence-electron chi connectivity index (χ0n) is 12.2. The minimum Gasteiger partial charge on any atom is -0.353 e. The highest BCUT2D eigenvalue weighted by Gasteiger charge is 2.39. The van der Waals surface area contributed by atoms with Crippen molar-refractivity contribution in [3.8, 4) is 0 Å². The predicted octanol–water partition coefficient (Wildman–Crippen LogP) is 1.94. The number of hydrogen-bond donors (Lipinski definition) is 1. The highest BCUT2D eigenvalue weighted by atomic mass is 16.2. The van der Waals surface area contributed by atoms with Gasteiger partial charge in [-0.1, -0.05) is 13.8 Å². The van der Waals surface area contributed by atoms with E-state index in [1.807, 2.05) is 25.7 Å². The van der Waals surface area contributed by atoms with Crippen LogP contribution in [0.4, 0.5) is 0 Å². The topological polar surface area (TPSA) is 49.4 Å². The maximum atomic E-state index is 12.1. The molecule has 1 heterocycles. The Hall–Kier alpha value is -1.06. The standard InChI is InChI=1S/C14H26N2O2/c1-6-11(7-2)15-13(18)10-8-12(17)16(9-10)14(3,4)5/h10-11H,6-9H2,1-5H3,(H,15,18)/t10-/m0/s1. The molecule has 1 saturated heterocycles. The summed E-state index contributed by atoms with van der Waals surface area (Å²) >= 11 is 0. The van der Waals surface area contributed by atoms with E-state index >= 15 is 0 Å². The van der Waals surface area contributed by atoms with Gasteiger partial charge in [-0.15, -0.1) is 0 Å². The zero-order valence-corrected chi connectivity index (χ0v) is 12.2. The molecule has 4 nitrogen and oxygen atoms in total. The summed E-state index contributed by atoms with van der Waals surface area (Å²) in [6.07, 6.45) is 2.22. The molecule has 4 heteroatoms. The maximum absolute atomic E-state index is 12.1. The van der Waals surface area contributed by atoms with E-state index in [-0.39, 0.29) is 29.3 Å². The van der Waals surface area contributed by atoms with Crippen LogP contribution in [0.25, 0.3) is 0 Å². The molecular formula is C14H26N2O2. The van der Waals surface area contributed by atoms with Gasteiger partial charge in [0, 0.05) is 24.5 Å². The van der Waals surface area contributed by atoms with Crippen molar-refractivity contribution in [2.24, 2.45) is 5.92 Å². The molecule has 1 atom stereocenters. The lowest BCUT2D eigenvalue weighted by Crippen LogP contribution is -2.44. The summed E-state index contributed by atoms with van der Waals surface area (Å²) in [6, 6.07) is 0.233. The van der Waals surface area contributed by atoms with E-state index in [0.717, 1.165) is 12.8 Å². The normalized spacial score (nSPS) is 20.7. The molecule has 0 aliphatic carbocycles. The van der Waals surface area contributed by atoms with Crippen molar-refractivity contribution in [2.45, 2.75) is 65.5 Å². The Bertz CT molecular complexity index is 316. The minimum atomic E-state index is -0.193. The molecule has 0 radical (unpaired) electrons. The lowest BCUT2D eigenvalue weighted by Gasteiger charge is -2.32. The third kappa shape index (κ3) is 3.47. The van der Waals surface area contributed by atoms with Crippen LogP contribution in [0.2, 0.25) is 0 Å². The Morgan fingerprint density at radius 2 is 1.94 bits per heavy atom. The first kappa shape index (κ1) is 15.0. The van der Waals surface area contributed by atoms with E-state index in [1.165, 1.54) is 0 Å². The van der Waals surface area contributed by atoms with E-state index in [0.29, 0.717) is 13.0 Å². The Morgan fingerprint density at radius 3 is 2.33 bits per heavy atom. The molecule has 0 spiro atoms. The molecule has 2 amide bonds. The fourth-order valence-electron chi connectivity index (χ4n) is 2.34. The van der Waals surface area contributed by atoms with Crippen LogP contribution in [0.15, 0.2) is 0 Å². The molecule has 0 aromatic rings. The molecule has 1 N–H and O–H groups in total. The fraction of sp³-hybridized carbons (Fsp3) is 0.857. The summed E-state index contributed by atoms with van der Waals surface area (Å²) in [4.78, 5) is 25.8. The van der Waals surface area contributed by atoms with Crippen molar-refractivity contribution in [3.05, 3.63) is 0 Å². The van der Waals surface area contributed by atoms with Crippen LogP contribution in [0.3, 0.4) is 0 Å². The number of amides is 2. The van der Waals surface area contributed by atoms with Gasteiger partial charge in [0.15, 0.2) is 0 Å². The van der Waals surface area contributed by atoms with Crippen molar-refractivity contribution in [2.75, 3.05) is 6.54 Å². The average Bonchev–Trinajstić information content (AvgIpc) is 2.67. The van der Waals surface area contributed by atoms with Gasteiger partial charge in [0.1, 0.15) is 0 Å². The molecule has 0 aromatic carbocycles. The summed E-state index contributed by atoms with van der Waals surface area (Å²) in [6.45, 7) is 10.7. The maximum Gasteiger partial charge on any atom is 0.225 e. The summed E-state index contributed by atoms with van der Waals surface area (Å²) < 4.78 is 0. The highest BCUT2D eigenvalue weighted by Crippen LogP contribution is 2.25. The molecule has 1 rings (SSSR count). The summed E-state index contributed by atoms with van der Waals surface area (Å²) in [5.74, 6) is -0.0617. The molecule has 0 unspecified atom stereocenters. The summed E-state index contributed by atoms with van der Waals surface area (Å²) in [7, 11) is 0. The third-order valence-corrected chi connectivity index (χ3v) is 3.64. The van der Waals surface area contributed by atoms with Crippen LogP contribution in [-0.2, 0) is 9.59 Å². The van der Waals surface area contributed by atoms with Crippen molar-refractivity contribution in [3.63, 3.8) is 0 Å². The molecule has 104 valence electrons. The second-order valence-corrected chi connectivity index (χ2v) is 6.10. The second kappa shape index (κ2) is 5.72. The summed E-state index contributed by atoms with van der Waals surface area (Å²) in [5, 5.41) is 3.03. The molecule has 1 fully saturated rings. The first-order valence-electron chi connectivity index (χ1n) is 6.90. The van der Waals surface area contributed by atoms with Gasteiger partial charge in [-0.2, -0.15) is 0 Å². The quantitative estimate of drug-likeness (QED) is 0.833. The molecule has 18 heavy (non-hydrogen) atoms. The van der Waals surface area contributed by atoms with Crippen LogP contribution < -0.4 is 5.32 Å². The molecule has 1 aliphatic rings. The van der Waals surface area contributed by atoms with Gasteiger partial charge in [0.2, 0.25) is 11.8 Å².